The van der Waals surface area contributed by atoms with E-state index in [4.69, 9.17) is 21.1 Å². The van der Waals surface area contributed by atoms with Gasteiger partial charge in [0, 0.05) is 18.0 Å². The summed E-state index contributed by atoms with van der Waals surface area (Å²) in [6.45, 7) is 4.46. The van der Waals surface area contributed by atoms with Crippen LogP contribution in [0.15, 0.2) is 30.6 Å². The average molecular weight is 449 g/mol. The fraction of sp³-hybridized carbons (Fsp3) is 0.542. The number of esters is 1. The normalized spacial score (nSPS) is 19.6. The molecule has 0 saturated heterocycles. The Balaban J connectivity index is 1.44. The predicted molar refractivity (Wildman–Crippen MR) is 119 cm³/mol. The molecule has 0 N–H and O–H groups in total. The molecule has 1 aromatic heterocycles. The van der Waals surface area contributed by atoms with E-state index in [0.717, 1.165) is 43.2 Å². The molecule has 1 aliphatic carbocycles. The van der Waals surface area contributed by atoms with Crippen molar-refractivity contribution in [2.24, 2.45) is 5.92 Å². The molecule has 1 aliphatic rings. The topological polar surface area (TPSA) is 61.3 Å². The summed E-state index contributed by atoms with van der Waals surface area (Å²) >= 11 is 6.40. The monoisotopic (exact) mass is 448 g/mol. The fourth-order valence-corrected chi connectivity index (χ4v) is 3.90. The van der Waals surface area contributed by atoms with Gasteiger partial charge in [-0.3, -0.25) is 0 Å². The Bertz CT molecular complexity index is 854. The van der Waals surface area contributed by atoms with Gasteiger partial charge in [0.05, 0.1) is 11.6 Å². The number of nitrogens with zero attached hydrogens (tertiary/aromatic N) is 2. The molecule has 2 aromatic rings. The molecule has 1 fully saturated rings. The van der Waals surface area contributed by atoms with E-state index in [-0.39, 0.29) is 12.5 Å². The van der Waals surface area contributed by atoms with Gasteiger partial charge in [-0.15, -0.1) is 0 Å². The molecule has 0 aliphatic heterocycles. The lowest BCUT2D eigenvalue weighted by Gasteiger charge is -2.28. The lowest BCUT2D eigenvalue weighted by Crippen LogP contribution is -2.30. The minimum atomic E-state index is -1.50. The van der Waals surface area contributed by atoms with Crippen molar-refractivity contribution in [1.29, 1.82) is 0 Å². The van der Waals surface area contributed by atoms with E-state index >= 15 is 0 Å². The van der Waals surface area contributed by atoms with Crippen LogP contribution in [0.1, 0.15) is 57.4 Å². The largest absolute Gasteiger partial charge is 0.492 e. The highest BCUT2D eigenvalue weighted by molar-refractivity contribution is 6.32. The van der Waals surface area contributed by atoms with Crippen molar-refractivity contribution in [3.63, 3.8) is 0 Å². The lowest BCUT2D eigenvalue weighted by atomic mass is 9.88. The highest BCUT2D eigenvalue weighted by atomic mass is 35.5. The first-order valence-electron chi connectivity index (χ1n) is 11.0. The fourth-order valence-electron chi connectivity index (χ4n) is 3.66. The number of carbonyl (C=O) groups is 1. The van der Waals surface area contributed by atoms with Crippen LogP contribution < -0.4 is 4.74 Å². The SMILES string of the molecule is CCCC[C@H](F)C(=O)OC1CCC(COc2ccc(-c3ncc(C)cn3)cc2Cl)CC1. The second-order valence-corrected chi connectivity index (χ2v) is 8.64. The maximum atomic E-state index is 13.8. The summed E-state index contributed by atoms with van der Waals surface area (Å²) in [5.74, 6) is 0.893. The number of halogens is 2. The Morgan fingerprint density at radius 3 is 2.58 bits per heavy atom. The van der Waals surface area contributed by atoms with Gasteiger partial charge in [0.1, 0.15) is 11.9 Å². The first kappa shape index (κ1) is 23.5. The molecule has 168 valence electrons. The summed E-state index contributed by atoms with van der Waals surface area (Å²) in [7, 11) is 0. The Morgan fingerprint density at radius 2 is 1.94 bits per heavy atom. The van der Waals surface area contributed by atoms with Crippen LogP contribution >= 0.6 is 11.6 Å². The highest BCUT2D eigenvalue weighted by Crippen LogP contribution is 2.32. The summed E-state index contributed by atoms with van der Waals surface area (Å²) in [6.07, 6.45) is 6.86. The summed E-state index contributed by atoms with van der Waals surface area (Å²) in [4.78, 5) is 20.5. The molecule has 0 unspecified atom stereocenters. The minimum Gasteiger partial charge on any atom is -0.492 e. The highest BCUT2D eigenvalue weighted by Gasteiger charge is 2.27. The van der Waals surface area contributed by atoms with Crippen LogP contribution in [0, 0.1) is 12.8 Å². The van der Waals surface area contributed by atoms with Gasteiger partial charge < -0.3 is 9.47 Å². The van der Waals surface area contributed by atoms with E-state index in [1.807, 2.05) is 32.0 Å². The predicted octanol–water partition coefficient (Wildman–Crippen LogP) is 6.11. The zero-order chi connectivity index (χ0) is 22.2. The second-order valence-electron chi connectivity index (χ2n) is 8.23. The maximum Gasteiger partial charge on any atom is 0.340 e. The molecule has 1 heterocycles. The van der Waals surface area contributed by atoms with Crippen molar-refractivity contribution in [2.45, 2.75) is 71.1 Å². The van der Waals surface area contributed by atoms with Gasteiger partial charge in [0.25, 0.3) is 0 Å². The minimum absolute atomic E-state index is 0.194. The quantitative estimate of drug-likeness (QED) is 0.433. The van der Waals surface area contributed by atoms with Crippen molar-refractivity contribution in [3.8, 4) is 17.1 Å². The smallest absolute Gasteiger partial charge is 0.340 e. The Kier molecular flexibility index (Phi) is 8.64. The van der Waals surface area contributed by atoms with Gasteiger partial charge in [-0.1, -0.05) is 31.4 Å². The van der Waals surface area contributed by atoms with Crippen LogP contribution in [0.25, 0.3) is 11.4 Å². The summed E-state index contributed by atoms with van der Waals surface area (Å²) in [5.41, 5.74) is 1.84. The Labute approximate surface area is 188 Å². The molecular formula is C24H30ClFN2O3. The number of hydrogen-bond donors (Lipinski definition) is 0. The number of aryl methyl sites for hydroxylation is 1. The Morgan fingerprint density at radius 1 is 1.23 bits per heavy atom. The zero-order valence-electron chi connectivity index (χ0n) is 18.2. The van der Waals surface area contributed by atoms with Crippen LogP contribution in [0.3, 0.4) is 0 Å². The van der Waals surface area contributed by atoms with Gasteiger partial charge in [-0.05, 0) is 68.7 Å². The molecule has 0 amide bonds. The standard InChI is InChI=1S/C24H30ClFN2O3/c1-3-4-5-21(26)24(29)31-19-9-6-17(7-10-19)15-30-22-11-8-18(12-20(22)25)23-27-13-16(2)14-28-23/h8,11-14,17,19,21H,3-7,9-10,15H2,1-2H3/t17?,19?,21-/m0/s1. The second kappa shape index (κ2) is 11.4. The molecular weight excluding hydrogens is 419 g/mol. The third kappa shape index (κ3) is 6.89. The van der Waals surface area contributed by atoms with Crippen LogP contribution in [-0.2, 0) is 9.53 Å². The number of rotatable bonds is 9. The summed E-state index contributed by atoms with van der Waals surface area (Å²) < 4.78 is 25.1. The van der Waals surface area contributed by atoms with Crippen LogP contribution in [0.4, 0.5) is 4.39 Å². The van der Waals surface area contributed by atoms with Crippen molar-refractivity contribution in [2.75, 3.05) is 6.61 Å². The number of unbranched alkanes of at least 4 members (excludes halogenated alkanes) is 1. The van der Waals surface area contributed by atoms with Crippen molar-refractivity contribution < 1.29 is 18.7 Å². The number of aromatic nitrogens is 2. The third-order valence-corrected chi connectivity index (χ3v) is 5.88. The number of carbonyl (C=O) groups excluding carboxylic acids is 1. The van der Waals surface area contributed by atoms with Crippen LogP contribution in [0.5, 0.6) is 5.75 Å². The van der Waals surface area contributed by atoms with Crippen molar-refractivity contribution in [3.05, 3.63) is 41.2 Å². The molecule has 0 radical (unpaired) electrons. The maximum absolute atomic E-state index is 13.8. The van der Waals surface area contributed by atoms with Gasteiger partial charge in [-0.2, -0.15) is 0 Å². The van der Waals surface area contributed by atoms with E-state index in [1.54, 1.807) is 12.4 Å². The van der Waals surface area contributed by atoms with Gasteiger partial charge in [0.2, 0.25) is 0 Å². The molecule has 3 rings (SSSR count). The van der Waals surface area contributed by atoms with Gasteiger partial charge in [0.15, 0.2) is 12.0 Å². The lowest BCUT2D eigenvalue weighted by molar-refractivity contribution is -0.157. The van der Waals surface area contributed by atoms with Crippen LogP contribution in [-0.4, -0.2) is 34.8 Å². The number of alkyl halides is 1. The zero-order valence-corrected chi connectivity index (χ0v) is 18.9. The summed E-state index contributed by atoms with van der Waals surface area (Å²) in [5, 5.41) is 0.519. The summed E-state index contributed by atoms with van der Waals surface area (Å²) in [6, 6.07) is 5.55. The molecule has 5 nitrogen and oxygen atoms in total. The van der Waals surface area contributed by atoms with E-state index in [9.17, 15) is 9.18 Å². The average Bonchev–Trinajstić information content (AvgIpc) is 2.78. The third-order valence-electron chi connectivity index (χ3n) is 5.59. The first-order chi connectivity index (χ1) is 15.0. The molecule has 1 saturated carbocycles. The van der Waals surface area contributed by atoms with Crippen molar-refractivity contribution in [1.82, 2.24) is 9.97 Å². The van der Waals surface area contributed by atoms with E-state index in [0.29, 0.717) is 35.5 Å². The molecule has 0 bridgehead atoms. The van der Waals surface area contributed by atoms with Crippen molar-refractivity contribution >= 4 is 17.6 Å². The van der Waals surface area contributed by atoms with E-state index in [1.165, 1.54) is 0 Å². The molecule has 1 atom stereocenters. The molecule has 31 heavy (non-hydrogen) atoms. The van der Waals surface area contributed by atoms with E-state index in [2.05, 4.69) is 9.97 Å². The number of ether oxygens (including phenoxy) is 2. The number of hydrogen-bond acceptors (Lipinski definition) is 5. The first-order valence-corrected chi connectivity index (χ1v) is 11.4. The Hall–Kier alpha value is -2.21. The van der Waals surface area contributed by atoms with E-state index < -0.39 is 12.1 Å². The number of benzene rings is 1. The molecule has 7 heteroatoms. The van der Waals surface area contributed by atoms with Gasteiger partial charge in [-0.25, -0.2) is 19.2 Å². The van der Waals surface area contributed by atoms with Gasteiger partial charge >= 0.3 is 5.97 Å². The van der Waals surface area contributed by atoms with Crippen LogP contribution in [0.2, 0.25) is 5.02 Å². The molecule has 0 spiro atoms. The molecule has 1 aromatic carbocycles.